The predicted molar refractivity (Wildman–Crippen MR) is 80.2 cm³/mol. The summed E-state index contributed by atoms with van der Waals surface area (Å²) in [4.78, 5) is 0.240. The molecule has 1 heterocycles. The molecule has 1 N–H and O–H groups in total. The fourth-order valence-electron chi connectivity index (χ4n) is 2.15. The van der Waals surface area contributed by atoms with E-state index < -0.39 is 5.51 Å². The summed E-state index contributed by atoms with van der Waals surface area (Å²) in [5.74, 6) is 1.25. The maximum Gasteiger partial charge on any atom is 0.446 e. The lowest BCUT2D eigenvalue weighted by Gasteiger charge is -2.21. The summed E-state index contributed by atoms with van der Waals surface area (Å²) in [5, 5.41) is 4.07. The Hall–Kier alpha value is -0.330. The molecule has 1 fully saturated rings. The molecule has 20 heavy (non-hydrogen) atoms. The molecule has 1 aromatic rings. The first-order chi connectivity index (χ1) is 9.53. The third-order valence-electron chi connectivity index (χ3n) is 3.13. The van der Waals surface area contributed by atoms with Crippen molar-refractivity contribution in [3.8, 4) is 0 Å². The lowest BCUT2D eigenvalue weighted by molar-refractivity contribution is -0.0328. The Balaban J connectivity index is 1.73. The molecule has 1 saturated heterocycles. The summed E-state index contributed by atoms with van der Waals surface area (Å²) in [6.45, 7) is 1.69. The molecule has 0 radical (unpaired) electrons. The van der Waals surface area contributed by atoms with Crippen molar-refractivity contribution in [2.75, 3.05) is 12.3 Å². The van der Waals surface area contributed by atoms with Crippen LogP contribution in [0, 0.1) is 0 Å². The SMILES string of the molecule is FC(F)(F)Sc1ccc(CNCC2CCCCS2)cc1. The number of nitrogens with one attached hydrogen (secondary N) is 1. The van der Waals surface area contributed by atoms with E-state index in [4.69, 9.17) is 0 Å². The second-order valence-corrected chi connectivity index (χ2v) is 7.36. The molecule has 6 heteroatoms. The van der Waals surface area contributed by atoms with Crippen LogP contribution in [0.3, 0.4) is 0 Å². The first-order valence-corrected chi connectivity index (χ1v) is 8.56. The molecule has 1 aliphatic heterocycles. The molecule has 112 valence electrons. The summed E-state index contributed by atoms with van der Waals surface area (Å²) in [7, 11) is 0. The third-order valence-corrected chi connectivity index (χ3v) is 5.27. The molecular weight excluding hydrogens is 303 g/mol. The van der Waals surface area contributed by atoms with Gasteiger partial charge >= 0.3 is 5.51 Å². The lowest BCUT2D eigenvalue weighted by Crippen LogP contribution is -2.26. The minimum Gasteiger partial charge on any atom is -0.312 e. The highest BCUT2D eigenvalue weighted by Gasteiger charge is 2.28. The Morgan fingerprint density at radius 3 is 2.55 bits per heavy atom. The number of thioether (sulfide) groups is 2. The van der Waals surface area contributed by atoms with Gasteiger partial charge in [0.2, 0.25) is 0 Å². The van der Waals surface area contributed by atoms with Gasteiger partial charge in [0.1, 0.15) is 0 Å². The Labute approximate surface area is 126 Å². The quantitative estimate of drug-likeness (QED) is 0.791. The Morgan fingerprint density at radius 1 is 1.20 bits per heavy atom. The Morgan fingerprint density at radius 2 is 1.95 bits per heavy atom. The minimum absolute atomic E-state index is 0.0677. The predicted octanol–water partition coefficient (Wildman–Crippen LogP) is 4.67. The van der Waals surface area contributed by atoms with E-state index in [0.717, 1.165) is 12.1 Å². The topological polar surface area (TPSA) is 12.0 Å². The molecule has 0 aromatic heterocycles. The second kappa shape index (κ2) is 7.61. The molecule has 1 aromatic carbocycles. The number of hydrogen-bond donors (Lipinski definition) is 1. The largest absolute Gasteiger partial charge is 0.446 e. The Bertz CT molecular complexity index is 400. The van der Waals surface area contributed by atoms with Crippen LogP contribution in [0.5, 0.6) is 0 Å². The summed E-state index contributed by atoms with van der Waals surface area (Å²) in [5.41, 5.74) is -3.19. The van der Waals surface area contributed by atoms with E-state index in [1.54, 1.807) is 12.1 Å². The van der Waals surface area contributed by atoms with Gasteiger partial charge in [-0.05, 0) is 48.1 Å². The van der Waals surface area contributed by atoms with E-state index in [0.29, 0.717) is 11.8 Å². The molecule has 0 saturated carbocycles. The van der Waals surface area contributed by atoms with Crippen LogP contribution in [-0.4, -0.2) is 23.1 Å². The highest BCUT2D eigenvalue weighted by molar-refractivity contribution is 8.00. The van der Waals surface area contributed by atoms with Crippen molar-refractivity contribution in [1.29, 1.82) is 0 Å². The highest BCUT2D eigenvalue weighted by atomic mass is 32.2. The molecule has 2 rings (SSSR count). The molecule has 0 aliphatic carbocycles. The van der Waals surface area contributed by atoms with Gasteiger partial charge in [-0.3, -0.25) is 0 Å². The standard InChI is InChI=1S/C14H18F3NS2/c15-14(16,17)20-12-6-4-11(5-7-12)9-18-10-13-3-1-2-8-19-13/h4-7,13,18H,1-3,8-10H2. The Kier molecular flexibility index (Phi) is 6.11. The van der Waals surface area contributed by atoms with Crippen LogP contribution >= 0.6 is 23.5 Å². The average molecular weight is 321 g/mol. The summed E-state index contributed by atoms with van der Waals surface area (Å²) in [6.07, 6.45) is 3.89. The summed E-state index contributed by atoms with van der Waals surface area (Å²) >= 11 is 1.95. The number of rotatable bonds is 5. The van der Waals surface area contributed by atoms with Gasteiger partial charge in [0.25, 0.3) is 0 Å². The molecule has 1 unspecified atom stereocenters. The van der Waals surface area contributed by atoms with Gasteiger partial charge in [-0.1, -0.05) is 18.6 Å². The molecule has 1 aliphatic rings. The van der Waals surface area contributed by atoms with E-state index in [1.807, 2.05) is 11.8 Å². The van der Waals surface area contributed by atoms with E-state index >= 15 is 0 Å². The van der Waals surface area contributed by atoms with Crippen molar-refractivity contribution >= 4 is 23.5 Å². The van der Waals surface area contributed by atoms with Crippen LogP contribution in [0.4, 0.5) is 13.2 Å². The van der Waals surface area contributed by atoms with Crippen molar-refractivity contribution in [2.24, 2.45) is 0 Å². The van der Waals surface area contributed by atoms with E-state index in [9.17, 15) is 13.2 Å². The molecule has 1 nitrogen and oxygen atoms in total. The van der Waals surface area contributed by atoms with Gasteiger partial charge in [0.05, 0.1) is 0 Å². The van der Waals surface area contributed by atoms with Crippen LogP contribution in [0.15, 0.2) is 29.2 Å². The van der Waals surface area contributed by atoms with Gasteiger partial charge < -0.3 is 5.32 Å². The molecule has 1 atom stereocenters. The number of benzene rings is 1. The number of alkyl halides is 3. The zero-order valence-corrected chi connectivity index (χ0v) is 12.7. The van der Waals surface area contributed by atoms with Crippen molar-refractivity contribution in [1.82, 2.24) is 5.32 Å². The van der Waals surface area contributed by atoms with Gasteiger partial charge in [-0.2, -0.15) is 24.9 Å². The zero-order chi connectivity index (χ0) is 14.4. The van der Waals surface area contributed by atoms with Crippen molar-refractivity contribution in [3.63, 3.8) is 0 Å². The van der Waals surface area contributed by atoms with Crippen LogP contribution in [0.2, 0.25) is 0 Å². The molecule has 0 bridgehead atoms. The monoisotopic (exact) mass is 321 g/mol. The van der Waals surface area contributed by atoms with Gasteiger partial charge in [0.15, 0.2) is 0 Å². The fraction of sp³-hybridized carbons (Fsp3) is 0.571. The number of hydrogen-bond acceptors (Lipinski definition) is 3. The number of halogens is 3. The average Bonchev–Trinajstić information content (AvgIpc) is 2.40. The van der Waals surface area contributed by atoms with Gasteiger partial charge in [-0.15, -0.1) is 0 Å². The molecule has 0 spiro atoms. The van der Waals surface area contributed by atoms with Crippen LogP contribution < -0.4 is 5.32 Å². The van der Waals surface area contributed by atoms with Crippen molar-refractivity contribution in [3.05, 3.63) is 29.8 Å². The second-order valence-electron chi connectivity index (χ2n) is 4.81. The summed E-state index contributed by atoms with van der Waals surface area (Å²) in [6, 6.07) is 6.58. The summed E-state index contributed by atoms with van der Waals surface area (Å²) < 4.78 is 36.6. The first-order valence-electron chi connectivity index (χ1n) is 6.70. The van der Waals surface area contributed by atoms with Crippen LogP contribution in [-0.2, 0) is 6.54 Å². The lowest BCUT2D eigenvalue weighted by atomic mass is 10.2. The van der Waals surface area contributed by atoms with E-state index in [2.05, 4.69) is 5.32 Å². The van der Waals surface area contributed by atoms with Crippen LogP contribution in [0.1, 0.15) is 24.8 Å². The maximum absolute atomic E-state index is 12.2. The third kappa shape index (κ3) is 5.97. The highest BCUT2D eigenvalue weighted by Crippen LogP contribution is 2.36. The van der Waals surface area contributed by atoms with E-state index in [1.165, 1.54) is 37.1 Å². The fourth-order valence-corrected chi connectivity index (χ4v) is 3.97. The minimum atomic E-state index is -4.21. The van der Waals surface area contributed by atoms with Crippen molar-refractivity contribution in [2.45, 2.75) is 41.5 Å². The maximum atomic E-state index is 12.2. The smallest absolute Gasteiger partial charge is 0.312 e. The normalized spacial score (nSPS) is 20.1. The van der Waals surface area contributed by atoms with Crippen LogP contribution in [0.25, 0.3) is 0 Å². The molecular formula is C14H18F3NS2. The molecule has 0 amide bonds. The van der Waals surface area contributed by atoms with Crippen molar-refractivity contribution < 1.29 is 13.2 Å². The van der Waals surface area contributed by atoms with Gasteiger partial charge in [-0.25, -0.2) is 0 Å². The zero-order valence-electron chi connectivity index (χ0n) is 11.1. The first kappa shape index (κ1) is 16.0. The van der Waals surface area contributed by atoms with Gasteiger partial charge in [0, 0.05) is 23.2 Å². The van der Waals surface area contributed by atoms with E-state index in [-0.39, 0.29) is 16.7 Å².